The molecule has 0 spiro atoms. The number of methoxy groups -OCH3 is 1. The predicted molar refractivity (Wildman–Crippen MR) is 62.3 cm³/mol. The van der Waals surface area contributed by atoms with Crippen LogP contribution < -0.4 is 10.6 Å². The maximum absolute atomic E-state index is 6.08. The second kappa shape index (κ2) is 5.90. The zero-order valence-electron chi connectivity index (χ0n) is 9.03. The lowest BCUT2D eigenvalue weighted by molar-refractivity contribution is 0.206. The van der Waals surface area contributed by atoms with Gasteiger partial charge in [-0.25, -0.2) is 4.98 Å². The number of nitrogens with two attached hydrogens (primary N) is 1. The van der Waals surface area contributed by atoms with E-state index in [4.69, 9.17) is 22.1 Å². The highest BCUT2D eigenvalue weighted by Gasteiger charge is 2.07. The van der Waals surface area contributed by atoms with Gasteiger partial charge in [0.2, 0.25) is 0 Å². The molecule has 2 N–H and O–H groups in total. The normalized spacial score (nSPS) is 10.4. The van der Waals surface area contributed by atoms with Crippen LogP contribution in [0.5, 0.6) is 0 Å². The van der Waals surface area contributed by atoms with Gasteiger partial charge in [-0.2, -0.15) is 0 Å². The monoisotopic (exact) mass is 229 g/mol. The van der Waals surface area contributed by atoms with E-state index < -0.39 is 0 Å². The van der Waals surface area contributed by atoms with Crippen molar-refractivity contribution < 1.29 is 4.74 Å². The lowest BCUT2D eigenvalue weighted by Gasteiger charge is -2.18. The van der Waals surface area contributed by atoms with E-state index in [1.54, 1.807) is 13.3 Å². The maximum Gasteiger partial charge on any atom is 0.147 e. The number of hydrogen-bond donors (Lipinski definition) is 1. The van der Waals surface area contributed by atoms with E-state index in [1.807, 2.05) is 18.0 Å². The topological polar surface area (TPSA) is 51.4 Å². The third-order valence-corrected chi connectivity index (χ3v) is 2.38. The van der Waals surface area contributed by atoms with Gasteiger partial charge in [-0.1, -0.05) is 11.6 Å². The molecule has 84 valence electrons. The van der Waals surface area contributed by atoms with E-state index in [1.165, 1.54) is 0 Å². The number of rotatable bonds is 5. The van der Waals surface area contributed by atoms with Gasteiger partial charge in [0.05, 0.1) is 11.6 Å². The minimum atomic E-state index is 0.453. The lowest BCUT2D eigenvalue weighted by Crippen LogP contribution is -2.23. The summed E-state index contributed by atoms with van der Waals surface area (Å²) in [6.45, 7) is 1.85. The van der Waals surface area contributed by atoms with Gasteiger partial charge in [0, 0.05) is 33.4 Å². The predicted octanol–water partition coefficient (Wildman–Crippen LogP) is 1.28. The number of hydrogen-bond acceptors (Lipinski definition) is 4. The van der Waals surface area contributed by atoms with Crippen LogP contribution in [0.15, 0.2) is 12.3 Å². The number of aromatic nitrogens is 1. The quantitative estimate of drug-likeness (QED) is 0.827. The Labute approximate surface area is 95.0 Å². The third-order valence-electron chi connectivity index (χ3n) is 2.11. The summed E-state index contributed by atoms with van der Waals surface area (Å²) in [5.41, 5.74) is 6.43. The van der Waals surface area contributed by atoms with E-state index in [0.29, 0.717) is 18.2 Å². The molecule has 4 nitrogen and oxygen atoms in total. The van der Waals surface area contributed by atoms with Crippen molar-refractivity contribution in [1.29, 1.82) is 0 Å². The molecule has 0 aliphatic heterocycles. The molecule has 0 unspecified atom stereocenters. The van der Waals surface area contributed by atoms with Crippen molar-refractivity contribution >= 4 is 17.4 Å². The van der Waals surface area contributed by atoms with Crippen molar-refractivity contribution in [1.82, 2.24) is 4.98 Å². The Morgan fingerprint density at radius 1 is 1.60 bits per heavy atom. The van der Waals surface area contributed by atoms with Crippen molar-refractivity contribution in [3.8, 4) is 0 Å². The Bertz CT molecular complexity index is 320. The van der Waals surface area contributed by atoms with Crippen LogP contribution in [-0.2, 0) is 11.3 Å². The number of anilines is 1. The molecule has 0 saturated heterocycles. The van der Waals surface area contributed by atoms with Gasteiger partial charge in [0.15, 0.2) is 0 Å². The van der Waals surface area contributed by atoms with Crippen LogP contribution >= 0.6 is 11.6 Å². The summed E-state index contributed by atoms with van der Waals surface area (Å²) < 4.78 is 4.99. The molecule has 0 radical (unpaired) electrons. The van der Waals surface area contributed by atoms with Crippen molar-refractivity contribution in [2.24, 2.45) is 5.73 Å². The van der Waals surface area contributed by atoms with Crippen molar-refractivity contribution in [3.63, 3.8) is 0 Å². The second-order valence-corrected chi connectivity index (χ2v) is 3.67. The summed E-state index contributed by atoms with van der Waals surface area (Å²) in [5, 5.41) is 0.622. The molecular weight excluding hydrogens is 214 g/mol. The fourth-order valence-electron chi connectivity index (χ4n) is 1.20. The van der Waals surface area contributed by atoms with Gasteiger partial charge in [-0.05, 0) is 11.6 Å². The molecule has 0 fully saturated rings. The summed E-state index contributed by atoms with van der Waals surface area (Å²) in [5.74, 6) is 0.755. The van der Waals surface area contributed by atoms with E-state index in [9.17, 15) is 0 Å². The first-order valence-electron chi connectivity index (χ1n) is 4.73. The SMILES string of the molecule is COCCN(C)c1ncc(CN)cc1Cl. The molecule has 0 atom stereocenters. The van der Waals surface area contributed by atoms with Crippen LogP contribution in [0.2, 0.25) is 5.02 Å². The molecule has 1 aromatic heterocycles. The summed E-state index contributed by atoms with van der Waals surface area (Å²) >= 11 is 6.08. The van der Waals surface area contributed by atoms with Gasteiger partial charge >= 0.3 is 0 Å². The van der Waals surface area contributed by atoms with Crippen LogP contribution in [0.4, 0.5) is 5.82 Å². The molecule has 1 aromatic rings. The summed E-state index contributed by atoms with van der Waals surface area (Å²) in [6.07, 6.45) is 1.74. The molecule has 0 amide bonds. The molecular formula is C10H16ClN3O. The Morgan fingerprint density at radius 2 is 2.33 bits per heavy atom. The molecule has 0 aliphatic rings. The minimum absolute atomic E-state index is 0.453. The average molecular weight is 230 g/mol. The zero-order valence-corrected chi connectivity index (χ0v) is 9.79. The van der Waals surface area contributed by atoms with E-state index in [-0.39, 0.29) is 0 Å². The first-order chi connectivity index (χ1) is 7.19. The van der Waals surface area contributed by atoms with Gasteiger partial charge in [-0.15, -0.1) is 0 Å². The van der Waals surface area contributed by atoms with Crippen LogP contribution in [0, 0.1) is 0 Å². The zero-order chi connectivity index (χ0) is 11.3. The van der Waals surface area contributed by atoms with E-state index >= 15 is 0 Å². The molecule has 1 heterocycles. The van der Waals surface area contributed by atoms with Crippen molar-refractivity contribution in [2.45, 2.75) is 6.54 Å². The summed E-state index contributed by atoms with van der Waals surface area (Å²) in [7, 11) is 3.59. The van der Waals surface area contributed by atoms with Crippen LogP contribution in [0.1, 0.15) is 5.56 Å². The molecule has 0 bridgehead atoms. The Balaban J connectivity index is 2.76. The fraction of sp³-hybridized carbons (Fsp3) is 0.500. The fourth-order valence-corrected chi connectivity index (χ4v) is 1.53. The average Bonchev–Trinajstić information content (AvgIpc) is 2.25. The standard InChI is InChI=1S/C10H16ClN3O/c1-14(3-4-15-2)10-9(11)5-8(6-12)7-13-10/h5,7H,3-4,6,12H2,1-2H3. The van der Waals surface area contributed by atoms with Crippen molar-refractivity contribution in [2.75, 3.05) is 32.2 Å². The second-order valence-electron chi connectivity index (χ2n) is 3.27. The first kappa shape index (κ1) is 12.2. The van der Waals surface area contributed by atoms with Crippen molar-refractivity contribution in [3.05, 3.63) is 22.8 Å². The Hall–Kier alpha value is -0.840. The van der Waals surface area contributed by atoms with E-state index in [2.05, 4.69) is 4.98 Å². The maximum atomic E-state index is 6.08. The van der Waals surface area contributed by atoms with Gasteiger partial charge in [-0.3, -0.25) is 0 Å². The molecule has 5 heteroatoms. The van der Waals surface area contributed by atoms with Gasteiger partial charge < -0.3 is 15.4 Å². The molecule has 15 heavy (non-hydrogen) atoms. The highest BCUT2D eigenvalue weighted by atomic mass is 35.5. The smallest absolute Gasteiger partial charge is 0.147 e. The van der Waals surface area contributed by atoms with Gasteiger partial charge in [0.1, 0.15) is 5.82 Å². The number of ether oxygens (including phenoxy) is 1. The van der Waals surface area contributed by atoms with Crippen LogP contribution in [-0.4, -0.2) is 32.3 Å². The van der Waals surface area contributed by atoms with Crippen LogP contribution in [0.25, 0.3) is 0 Å². The summed E-state index contributed by atoms with van der Waals surface area (Å²) in [6, 6.07) is 1.84. The Morgan fingerprint density at radius 3 is 2.87 bits per heavy atom. The molecule has 0 saturated carbocycles. The highest BCUT2D eigenvalue weighted by molar-refractivity contribution is 6.33. The largest absolute Gasteiger partial charge is 0.383 e. The van der Waals surface area contributed by atoms with Gasteiger partial charge in [0.25, 0.3) is 0 Å². The van der Waals surface area contributed by atoms with Crippen LogP contribution in [0.3, 0.4) is 0 Å². The number of pyridine rings is 1. The highest BCUT2D eigenvalue weighted by Crippen LogP contribution is 2.22. The minimum Gasteiger partial charge on any atom is -0.383 e. The first-order valence-corrected chi connectivity index (χ1v) is 5.11. The number of likely N-dealkylation sites (N-methyl/N-ethyl adjacent to an activating group) is 1. The number of nitrogens with zero attached hydrogens (tertiary/aromatic N) is 2. The Kier molecular flexibility index (Phi) is 4.81. The summed E-state index contributed by atoms with van der Waals surface area (Å²) in [4.78, 5) is 6.21. The van der Waals surface area contributed by atoms with E-state index in [0.717, 1.165) is 17.9 Å². The molecule has 1 rings (SSSR count). The molecule has 0 aromatic carbocycles. The lowest BCUT2D eigenvalue weighted by atomic mass is 10.3. The number of halogens is 1. The molecule has 0 aliphatic carbocycles. The third kappa shape index (κ3) is 3.34.